The van der Waals surface area contributed by atoms with Crippen LogP contribution in [0.2, 0.25) is 0 Å². The van der Waals surface area contributed by atoms with E-state index in [1.54, 1.807) is 0 Å². The van der Waals surface area contributed by atoms with E-state index in [0.717, 1.165) is 44.6 Å². The SMILES string of the molecule is O=C(c1ccc(C2COCCN2)cc1)N1CCCCC1. The first-order chi connectivity index (χ1) is 9.84. The number of rotatable bonds is 2. The summed E-state index contributed by atoms with van der Waals surface area (Å²) in [4.78, 5) is 14.3. The van der Waals surface area contributed by atoms with Crippen molar-refractivity contribution >= 4 is 5.91 Å². The fraction of sp³-hybridized carbons (Fsp3) is 0.562. The number of nitrogens with zero attached hydrogens (tertiary/aromatic N) is 1. The summed E-state index contributed by atoms with van der Waals surface area (Å²) < 4.78 is 5.47. The van der Waals surface area contributed by atoms with Crippen molar-refractivity contribution in [3.05, 3.63) is 35.4 Å². The molecule has 2 heterocycles. The first kappa shape index (κ1) is 13.6. The highest BCUT2D eigenvalue weighted by atomic mass is 16.5. The predicted octanol–water partition coefficient (Wildman–Crippen LogP) is 1.97. The number of amides is 1. The van der Waals surface area contributed by atoms with Crippen LogP contribution in [0.3, 0.4) is 0 Å². The number of ether oxygens (including phenoxy) is 1. The van der Waals surface area contributed by atoms with Crippen LogP contribution in [0.25, 0.3) is 0 Å². The number of carbonyl (C=O) groups excluding carboxylic acids is 1. The number of morpholine rings is 1. The molecule has 1 N–H and O–H groups in total. The normalized spacial score (nSPS) is 23.6. The summed E-state index contributed by atoms with van der Waals surface area (Å²) in [7, 11) is 0. The van der Waals surface area contributed by atoms with Crippen LogP contribution in [0.15, 0.2) is 24.3 Å². The fourth-order valence-corrected chi connectivity index (χ4v) is 2.92. The van der Waals surface area contributed by atoms with E-state index in [0.29, 0.717) is 6.61 Å². The molecule has 0 radical (unpaired) electrons. The van der Waals surface area contributed by atoms with Gasteiger partial charge < -0.3 is 15.0 Å². The molecule has 4 nitrogen and oxygen atoms in total. The quantitative estimate of drug-likeness (QED) is 0.896. The van der Waals surface area contributed by atoms with Crippen molar-refractivity contribution in [3.63, 3.8) is 0 Å². The molecule has 1 aromatic rings. The summed E-state index contributed by atoms with van der Waals surface area (Å²) in [6.45, 7) is 4.18. The van der Waals surface area contributed by atoms with E-state index >= 15 is 0 Å². The lowest BCUT2D eigenvalue weighted by atomic mass is 10.0. The third-order valence-corrected chi connectivity index (χ3v) is 4.12. The maximum Gasteiger partial charge on any atom is 0.253 e. The maximum absolute atomic E-state index is 12.4. The van der Waals surface area contributed by atoms with Gasteiger partial charge in [0.1, 0.15) is 0 Å². The van der Waals surface area contributed by atoms with Crippen molar-refractivity contribution in [1.29, 1.82) is 0 Å². The van der Waals surface area contributed by atoms with E-state index < -0.39 is 0 Å². The van der Waals surface area contributed by atoms with Crippen LogP contribution in [0.1, 0.15) is 41.2 Å². The number of likely N-dealkylation sites (tertiary alicyclic amines) is 1. The molecule has 0 aliphatic carbocycles. The fourth-order valence-electron chi connectivity index (χ4n) is 2.92. The zero-order chi connectivity index (χ0) is 13.8. The van der Waals surface area contributed by atoms with Crippen LogP contribution in [-0.4, -0.2) is 43.7 Å². The van der Waals surface area contributed by atoms with Gasteiger partial charge in [-0.15, -0.1) is 0 Å². The summed E-state index contributed by atoms with van der Waals surface area (Å²) in [5, 5.41) is 3.43. The second-order valence-electron chi connectivity index (χ2n) is 5.56. The summed E-state index contributed by atoms with van der Waals surface area (Å²) >= 11 is 0. The Morgan fingerprint density at radius 1 is 1.15 bits per heavy atom. The Morgan fingerprint density at radius 2 is 1.90 bits per heavy atom. The van der Waals surface area contributed by atoms with Gasteiger partial charge in [-0.3, -0.25) is 4.79 Å². The van der Waals surface area contributed by atoms with E-state index in [-0.39, 0.29) is 11.9 Å². The molecule has 1 atom stereocenters. The average molecular weight is 274 g/mol. The van der Waals surface area contributed by atoms with Crippen LogP contribution in [0.4, 0.5) is 0 Å². The third kappa shape index (κ3) is 3.02. The lowest BCUT2D eigenvalue weighted by Gasteiger charge is -2.27. The Bertz CT molecular complexity index is 446. The molecular formula is C16H22N2O2. The van der Waals surface area contributed by atoms with Gasteiger partial charge in [0, 0.05) is 25.2 Å². The number of nitrogens with one attached hydrogen (secondary N) is 1. The molecule has 2 aliphatic heterocycles. The molecule has 1 aromatic carbocycles. The highest BCUT2D eigenvalue weighted by molar-refractivity contribution is 5.94. The van der Waals surface area contributed by atoms with Crippen LogP contribution < -0.4 is 5.32 Å². The Labute approximate surface area is 120 Å². The van der Waals surface area contributed by atoms with Gasteiger partial charge >= 0.3 is 0 Å². The van der Waals surface area contributed by atoms with E-state index in [4.69, 9.17) is 4.74 Å². The number of piperidine rings is 1. The van der Waals surface area contributed by atoms with E-state index in [1.165, 1.54) is 12.0 Å². The minimum Gasteiger partial charge on any atom is -0.378 e. The maximum atomic E-state index is 12.4. The van der Waals surface area contributed by atoms with Crippen molar-refractivity contribution in [3.8, 4) is 0 Å². The minimum atomic E-state index is 0.170. The Hall–Kier alpha value is -1.39. The highest BCUT2D eigenvalue weighted by Crippen LogP contribution is 2.18. The van der Waals surface area contributed by atoms with Crippen molar-refractivity contribution in [2.75, 3.05) is 32.8 Å². The zero-order valence-electron chi connectivity index (χ0n) is 11.8. The second-order valence-corrected chi connectivity index (χ2v) is 5.56. The van der Waals surface area contributed by atoms with E-state index in [1.807, 2.05) is 29.2 Å². The third-order valence-electron chi connectivity index (χ3n) is 4.12. The molecule has 4 heteroatoms. The minimum absolute atomic E-state index is 0.170. The largest absolute Gasteiger partial charge is 0.378 e. The zero-order valence-corrected chi connectivity index (χ0v) is 11.8. The van der Waals surface area contributed by atoms with E-state index in [2.05, 4.69) is 5.32 Å². The molecule has 3 rings (SSSR count). The number of hydrogen-bond acceptors (Lipinski definition) is 3. The summed E-state index contributed by atoms with van der Waals surface area (Å²) in [6, 6.07) is 8.24. The molecule has 0 aromatic heterocycles. The van der Waals surface area contributed by atoms with Gasteiger partial charge in [0.2, 0.25) is 0 Å². The standard InChI is InChI=1S/C16H22N2O2/c19-16(18-9-2-1-3-10-18)14-6-4-13(5-7-14)15-12-20-11-8-17-15/h4-7,15,17H,1-3,8-12H2. The van der Waals surface area contributed by atoms with Crippen molar-refractivity contribution in [2.24, 2.45) is 0 Å². The van der Waals surface area contributed by atoms with Gasteiger partial charge in [0.15, 0.2) is 0 Å². The predicted molar refractivity (Wildman–Crippen MR) is 77.8 cm³/mol. The summed E-state index contributed by atoms with van der Waals surface area (Å²) in [5.74, 6) is 0.170. The second kappa shape index (κ2) is 6.37. The van der Waals surface area contributed by atoms with Gasteiger partial charge in [-0.2, -0.15) is 0 Å². The highest BCUT2D eigenvalue weighted by Gasteiger charge is 2.19. The van der Waals surface area contributed by atoms with Crippen molar-refractivity contribution in [1.82, 2.24) is 10.2 Å². The molecule has 1 unspecified atom stereocenters. The molecule has 20 heavy (non-hydrogen) atoms. The lowest BCUT2D eigenvalue weighted by Crippen LogP contribution is -2.36. The van der Waals surface area contributed by atoms with Crippen molar-refractivity contribution in [2.45, 2.75) is 25.3 Å². The van der Waals surface area contributed by atoms with Gasteiger partial charge in [-0.25, -0.2) is 0 Å². The smallest absolute Gasteiger partial charge is 0.253 e. The van der Waals surface area contributed by atoms with Crippen LogP contribution in [-0.2, 0) is 4.74 Å². The van der Waals surface area contributed by atoms with Crippen LogP contribution in [0.5, 0.6) is 0 Å². The van der Waals surface area contributed by atoms with Gasteiger partial charge in [0.05, 0.1) is 19.3 Å². The molecule has 0 bridgehead atoms. The first-order valence-electron chi connectivity index (χ1n) is 7.55. The first-order valence-corrected chi connectivity index (χ1v) is 7.55. The van der Waals surface area contributed by atoms with Gasteiger partial charge in [-0.05, 0) is 37.0 Å². The molecule has 2 fully saturated rings. The summed E-state index contributed by atoms with van der Waals surface area (Å²) in [6.07, 6.45) is 3.51. The molecular weight excluding hydrogens is 252 g/mol. The molecule has 2 aliphatic rings. The molecule has 1 amide bonds. The van der Waals surface area contributed by atoms with Gasteiger partial charge in [-0.1, -0.05) is 12.1 Å². The Balaban J connectivity index is 1.67. The number of hydrogen-bond donors (Lipinski definition) is 1. The number of benzene rings is 1. The Morgan fingerprint density at radius 3 is 2.55 bits per heavy atom. The molecule has 108 valence electrons. The monoisotopic (exact) mass is 274 g/mol. The van der Waals surface area contributed by atoms with Crippen molar-refractivity contribution < 1.29 is 9.53 Å². The van der Waals surface area contributed by atoms with Crippen LogP contribution >= 0.6 is 0 Å². The lowest BCUT2D eigenvalue weighted by molar-refractivity contribution is 0.0724. The van der Waals surface area contributed by atoms with Crippen LogP contribution in [0, 0.1) is 0 Å². The number of carbonyl (C=O) groups is 1. The summed E-state index contributed by atoms with van der Waals surface area (Å²) in [5.41, 5.74) is 1.99. The molecule has 2 saturated heterocycles. The Kier molecular flexibility index (Phi) is 4.33. The van der Waals surface area contributed by atoms with E-state index in [9.17, 15) is 4.79 Å². The topological polar surface area (TPSA) is 41.6 Å². The van der Waals surface area contributed by atoms with Gasteiger partial charge in [0.25, 0.3) is 5.91 Å². The molecule has 0 spiro atoms. The average Bonchev–Trinajstić information content (AvgIpc) is 2.56. The molecule has 0 saturated carbocycles.